The lowest BCUT2D eigenvalue weighted by molar-refractivity contribution is 0.137. The zero-order chi connectivity index (χ0) is 25.2. The number of benzene rings is 2. The largest absolute Gasteiger partial charge is 0.394 e. The smallest absolute Gasteiger partial charge is 0.317 e. The van der Waals surface area contributed by atoms with E-state index >= 15 is 0 Å². The molecule has 0 radical (unpaired) electrons. The Labute approximate surface area is 208 Å². The van der Waals surface area contributed by atoms with Crippen LogP contribution in [0.2, 0.25) is 5.02 Å². The summed E-state index contributed by atoms with van der Waals surface area (Å²) in [5.41, 5.74) is -1.11. The maximum atomic E-state index is 14.9. The number of nitrogens with one attached hydrogen (secondary N) is 1. The Bertz CT molecular complexity index is 1170. The molecular weight excluding hydrogens is 500 g/mol. The summed E-state index contributed by atoms with van der Waals surface area (Å²) in [4.78, 5) is 14.4. The quantitative estimate of drug-likeness (QED) is 0.586. The van der Waals surface area contributed by atoms with E-state index in [1.165, 1.54) is 29.2 Å². The second-order valence-electron chi connectivity index (χ2n) is 9.17. The maximum absolute atomic E-state index is 14.9. The van der Waals surface area contributed by atoms with Crippen LogP contribution in [-0.4, -0.2) is 55.7 Å². The van der Waals surface area contributed by atoms with Crippen molar-refractivity contribution in [2.45, 2.75) is 55.0 Å². The fraction of sp³-hybridized carbons (Fsp3) is 0.458. The van der Waals surface area contributed by atoms with Gasteiger partial charge in [-0.2, -0.15) is 0 Å². The molecule has 0 aromatic heterocycles. The number of rotatable bonds is 6. The molecule has 1 aliphatic heterocycles. The molecule has 0 spiro atoms. The Kier molecular flexibility index (Phi) is 7.54. The number of anilines is 1. The van der Waals surface area contributed by atoms with Crippen LogP contribution < -0.4 is 9.62 Å². The molecule has 1 heterocycles. The van der Waals surface area contributed by atoms with Gasteiger partial charge in [0.2, 0.25) is 0 Å². The summed E-state index contributed by atoms with van der Waals surface area (Å²) in [6.07, 6.45) is 3.94. The first-order chi connectivity index (χ1) is 16.6. The van der Waals surface area contributed by atoms with Crippen molar-refractivity contribution in [2.75, 3.05) is 24.0 Å². The van der Waals surface area contributed by atoms with Crippen molar-refractivity contribution in [2.24, 2.45) is 0 Å². The summed E-state index contributed by atoms with van der Waals surface area (Å²) in [6, 6.07) is 6.84. The summed E-state index contributed by atoms with van der Waals surface area (Å²) >= 11 is 5.91. The molecule has 4 rings (SSSR count). The molecule has 2 aliphatic rings. The Morgan fingerprint density at radius 1 is 1.14 bits per heavy atom. The number of aliphatic hydroxyl groups excluding tert-OH is 1. The lowest BCUT2D eigenvalue weighted by atomic mass is 9.99. The van der Waals surface area contributed by atoms with Crippen LogP contribution in [0, 0.1) is 11.6 Å². The minimum Gasteiger partial charge on any atom is -0.394 e. The van der Waals surface area contributed by atoms with Crippen molar-refractivity contribution in [3.8, 4) is 0 Å². The van der Waals surface area contributed by atoms with Gasteiger partial charge in [0.25, 0.3) is 10.0 Å². The number of aliphatic hydroxyl groups is 1. The molecule has 1 saturated carbocycles. The van der Waals surface area contributed by atoms with Crippen molar-refractivity contribution in [3.63, 3.8) is 0 Å². The van der Waals surface area contributed by atoms with Crippen LogP contribution in [0.1, 0.15) is 38.5 Å². The van der Waals surface area contributed by atoms with Crippen LogP contribution in [0.25, 0.3) is 0 Å². The molecule has 190 valence electrons. The van der Waals surface area contributed by atoms with Gasteiger partial charge in [0, 0.05) is 24.2 Å². The minimum absolute atomic E-state index is 0.0177. The van der Waals surface area contributed by atoms with E-state index in [2.05, 4.69) is 5.32 Å². The van der Waals surface area contributed by atoms with Gasteiger partial charge in [-0.15, -0.1) is 0 Å². The molecule has 2 fully saturated rings. The van der Waals surface area contributed by atoms with Gasteiger partial charge in [-0.3, -0.25) is 4.31 Å². The zero-order valence-electron chi connectivity index (χ0n) is 19.1. The molecule has 11 heteroatoms. The third-order valence-corrected chi connectivity index (χ3v) is 8.90. The summed E-state index contributed by atoms with van der Waals surface area (Å²) in [7, 11) is -4.33. The molecule has 0 bridgehead atoms. The lowest BCUT2D eigenvalue weighted by Crippen LogP contribution is -2.58. The summed E-state index contributed by atoms with van der Waals surface area (Å²) in [6.45, 7) is 0.183. The van der Waals surface area contributed by atoms with Crippen LogP contribution in [0.4, 0.5) is 19.3 Å². The van der Waals surface area contributed by atoms with Crippen LogP contribution in [0.15, 0.2) is 47.4 Å². The van der Waals surface area contributed by atoms with Gasteiger partial charge in [0.1, 0.15) is 11.6 Å². The molecular formula is C24H28ClF2N3O4S. The summed E-state index contributed by atoms with van der Waals surface area (Å²) < 4.78 is 57.3. The fourth-order valence-electron chi connectivity index (χ4n) is 4.91. The number of carbonyl (C=O) groups is 1. The Hall–Kier alpha value is -2.43. The third kappa shape index (κ3) is 5.39. The highest BCUT2D eigenvalue weighted by Crippen LogP contribution is 2.34. The molecule has 1 saturated heterocycles. The van der Waals surface area contributed by atoms with Crippen molar-refractivity contribution in [3.05, 3.63) is 59.1 Å². The van der Waals surface area contributed by atoms with E-state index in [9.17, 15) is 27.1 Å². The van der Waals surface area contributed by atoms with Gasteiger partial charge < -0.3 is 15.3 Å². The second kappa shape index (κ2) is 10.3. The van der Waals surface area contributed by atoms with E-state index in [0.29, 0.717) is 37.3 Å². The maximum Gasteiger partial charge on any atom is 0.317 e. The number of urea groups is 1. The number of likely N-dealkylation sites (tertiary alicyclic amines) is 1. The normalized spacial score (nSPS) is 20.0. The SMILES string of the molecule is O=C(NC1(CO)CCCC1)N1CCCC(N(c2cc(F)ccc2F)S(=O)(=O)c2ccc(Cl)cc2)C1. The van der Waals surface area contributed by atoms with Gasteiger partial charge in [-0.05, 0) is 62.1 Å². The lowest BCUT2D eigenvalue weighted by Gasteiger charge is -2.41. The first kappa shape index (κ1) is 25.7. The molecule has 1 atom stereocenters. The van der Waals surface area contributed by atoms with Crippen LogP contribution in [-0.2, 0) is 10.0 Å². The number of nitrogens with zero attached hydrogens (tertiary/aromatic N) is 2. The molecule has 2 aromatic carbocycles. The number of carbonyl (C=O) groups excluding carboxylic acids is 1. The van der Waals surface area contributed by atoms with Gasteiger partial charge in [0.15, 0.2) is 0 Å². The van der Waals surface area contributed by atoms with Crippen molar-refractivity contribution >= 4 is 33.3 Å². The van der Waals surface area contributed by atoms with E-state index in [4.69, 9.17) is 11.6 Å². The zero-order valence-corrected chi connectivity index (χ0v) is 20.7. The minimum atomic E-state index is -4.33. The first-order valence-corrected chi connectivity index (χ1v) is 13.4. The van der Waals surface area contributed by atoms with E-state index in [1.54, 1.807) is 0 Å². The Morgan fingerprint density at radius 2 is 1.83 bits per heavy atom. The first-order valence-electron chi connectivity index (χ1n) is 11.6. The average molecular weight is 528 g/mol. The fourth-order valence-corrected chi connectivity index (χ4v) is 6.70. The number of hydrogen-bond acceptors (Lipinski definition) is 4. The third-order valence-electron chi connectivity index (χ3n) is 6.77. The van der Waals surface area contributed by atoms with E-state index in [1.807, 2.05) is 0 Å². The number of amides is 2. The van der Waals surface area contributed by atoms with Gasteiger partial charge in [0.05, 0.1) is 28.8 Å². The number of sulfonamides is 1. The van der Waals surface area contributed by atoms with Crippen molar-refractivity contribution < 1.29 is 27.1 Å². The molecule has 35 heavy (non-hydrogen) atoms. The van der Waals surface area contributed by atoms with Crippen LogP contribution >= 0.6 is 11.6 Å². The predicted molar refractivity (Wildman–Crippen MR) is 129 cm³/mol. The highest BCUT2D eigenvalue weighted by molar-refractivity contribution is 7.92. The number of halogens is 3. The highest BCUT2D eigenvalue weighted by atomic mass is 35.5. The topological polar surface area (TPSA) is 89.9 Å². The van der Waals surface area contributed by atoms with E-state index in [0.717, 1.165) is 35.3 Å². The van der Waals surface area contributed by atoms with Crippen LogP contribution in [0.3, 0.4) is 0 Å². The predicted octanol–water partition coefficient (Wildman–Crippen LogP) is 4.29. The highest BCUT2D eigenvalue weighted by Gasteiger charge is 2.40. The molecule has 1 unspecified atom stereocenters. The molecule has 1 aliphatic carbocycles. The van der Waals surface area contributed by atoms with E-state index in [-0.39, 0.29) is 18.0 Å². The average Bonchev–Trinajstić information content (AvgIpc) is 3.31. The molecule has 2 N–H and O–H groups in total. The Balaban J connectivity index is 1.67. The number of hydrogen-bond donors (Lipinski definition) is 2. The molecule has 7 nitrogen and oxygen atoms in total. The van der Waals surface area contributed by atoms with Crippen LogP contribution in [0.5, 0.6) is 0 Å². The van der Waals surface area contributed by atoms with Crippen molar-refractivity contribution in [1.82, 2.24) is 10.2 Å². The summed E-state index contributed by atoms with van der Waals surface area (Å²) in [5, 5.41) is 13.1. The Morgan fingerprint density at radius 3 is 2.49 bits per heavy atom. The standard InChI is InChI=1S/C24H28ClF2N3O4S/c25-17-5-8-20(9-6-17)35(33,34)30(22-14-18(26)7-10-21(22)27)19-4-3-13-29(15-19)23(32)28-24(16-31)11-1-2-12-24/h5-10,14,19,31H,1-4,11-13,15-16H2,(H,28,32). The second-order valence-corrected chi connectivity index (χ2v) is 11.4. The molecule has 2 amide bonds. The number of piperidine rings is 1. The van der Waals surface area contributed by atoms with E-state index < -0.39 is 45.0 Å². The summed E-state index contributed by atoms with van der Waals surface area (Å²) in [5.74, 6) is -1.68. The monoisotopic (exact) mass is 527 g/mol. The molecule has 2 aromatic rings. The van der Waals surface area contributed by atoms with Gasteiger partial charge in [-0.1, -0.05) is 24.4 Å². The van der Waals surface area contributed by atoms with Gasteiger partial charge >= 0.3 is 6.03 Å². The van der Waals surface area contributed by atoms with Crippen molar-refractivity contribution in [1.29, 1.82) is 0 Å². The van der Waals surface area contributed by atoms with Gasteiger partial charge in [-0.25, -0.2) is 22.0 Å².